The smallest absolute Gasteiger partial charge is 0.338 e. The Bertz CT molecular complexity index is 630. The van der Waals surface area contributed by atoms with Crippen LogP contribution in [0.15, 0.2) is 30.3 Å². The van der Waals surface area contributed by atoms with E-state index in [-0.39, 0.29) is 30.9 Å². The maximum Gasteiger partial charge on any atom is 0.338 e. The summed E-state index contributed by atoms with van der Waals surface area (Å²) >= 11 is 0. The molecule has 0 saturated heterocycles. The molecule has 0 unspecified atom stereocenters. The number of amides is 3. The van der Waals surface area contributed by atoms with Crippen LogP contribution in [0.4, 0.5) is 5.69 Å². The number of rotatable bonds is 10. The van der Waals surface area contributed by atoms with Gasteiger partial charge in [0.05, 0.1) is 13.1 Å². The number of benzene rings is 1. The van der Waals surface area contributed by atoms with Crippen LogP contribution in [0.5, 0.6) is 0 Å². The first kappa shape index (κ1) is 20.9. The average molecular weight is 365 g/mol. The molecule has 0 aromatic heterocycles. The van der Waals surface area contributed by atoms with E-state index in [1.54, 1.807) is 24.3 Å². The van der Waals surface area contributed by atoms with Gasteiger partial charge in [0.15, 0.2) is 6.54 Å². The number of hydrogen-bond donors (Lipinski definition) is 7. The van der Waals surface area contributed by atoms with E-state index in [4.69, 9.17) is 11.5 Å². The van der Waals surface area contributed by atoms with Crippen molar-refractivity contribution in [3.05, 3.63) is 30.3 Å². The summed E-state index contributed by atoms with van der Waals surface area (Å²) in [7, 11) is 0. The lowest BCUT2D eigenvalue weighted by Gasteiger charge is -2.18. The summed E-state index contributed by atoms with van der Waals surface area (Å²) in [5.74, 6) is -1.06. The van der Waals surface area contributed by atoms with Crippen LogP contribution in [0.3, 0.4) is 0 Å². The number of nitrogens with two attached hydrogens (primary N) is 2. The maximum atomic E-state index is 12.5. The number of quaternary nitrogens is 1. The lowest BCUT2D eigenvalue weighted by atomic mass is 10.1. The van der Waals surface area contributed by atoms with E-state index in [0.717, 1.165) is 0 Å². The zero-order chi connectivity index (χ0) is 19.4. The van der Waals surface area contributed by atoms with Gasteiger partial charge in [0.2, 0.25) is 11.8 Å². The fraction of sp³-hybridized carbons (Fsp3) is 0.375. The topological polar surface area (TPSA) is 181 Å². The Morgan fingerprint density at radius 1 is 1.12 bits per heavy atom. The molecule has 3 amide bonds. The highest BCUT2D eigenvalue weighted by molar-refractivity contribution is 5.97. The largest absolute Gasteiger partial charge is 0.350 e. The summed E-state index contributed by atoms with van der Waals surface area (Å²) in [5, 5.41) is 7.78. The summed E-state index contributed by atoms with van der Waals surface area (Å²) < 4.78 is 0. The highest BCUT2D eigenvalue weighted by Crippen LogP contribution is 2.07. The molecule has 142 valence electrons. The van der Waals surface area contributed by atoms with Crippen molar-refractivity contribution in [1.29, 1.82) is 0 Å². The second kappa shape index (κ2) is 11.4. The molecule has 0 aliphatic heterocycles. The molecule has 26 heavy (non-hydrogen) atoms. The van der Waals surface area contributed by atoms with Crippen LogP contribution in [0, 0.1) is 0 Å². The summed E-state index contributed by atoms with van der Waals surface area (Å²) in [5.41, 5.74) is 14.7. The van der Waals surface area contributed by atoms with Gasteiger partial charge in [-0.05, 0) is 25.0 Å². The molecule has 0 bridgehead atoms. The SMILES string of the molecule is NC(N)=[NH+]CCC[C@H](NC(=O)CNC(=O)C[NH3+])C(=O)Nc1ccccc1. The fourth-order valence-electron chi connectivity index (χ4n) is 2.07. The van der Waals surface area contributed by atoms with Gasteiger partial charge in [-0.25, -0.2) is 0 Å². The Labute approximate surface area is 151 Å². The molecule has 1 rings (SSSR count). The lowest BCUT2D eigenvalue weighted by Crippen LogP contribution is -2.78. The van der Waals surface area contributed by atoms with Crippen LogP contribution in [-0.4, -0.2) is 49.4 Å². The second-order valence-electron chi connectivity index (χ2n) is 5.53. The van der Waals surface area contributed by atoms with E-state index in [9.17, 15) is 14.4 Å². The van der Waals surface area contributed by atoms with E-state index >= 15 is 0 Å². The third kappa shape index (κ3) is 8.64. The predicted octanol–water partition coefficient (Wildman–Crippen LogP) is -4.40. The summed E-state index contributed by atoms with van der Waals surface area (Å²) in [6.45, 7) is 0.282. The van der Waals surface area contributed by atoms with Gasteiger partial charge in [0.1, 0.15) is 6.04 Å². The maximum absolute atomic E-state index is 12.5. The number of para-hydroxylation sites is 1. The number of nitrogens with one attached hydrogen (secondary N) is 4. The van der Waals surface area contributed by atoms with Crippen LogP contribution in [0.1, 0.15) is 12.8 Å². The lowest BCUT2D eigenvalue weighted by molar-refractivity contribution is -0.459. The first-order chi connectivity index (χ1) is 12.4. The van der Waals surface area contributed by atoms with Gasteiger partial charge in [-0.3, -0.25) is 30.8 Å². The van der Waals surface area contributed by atoms with Crippen molar-refractivity contribution < 1.29 is 25.1 Å². The molecular weight excluding hydrogens is 338 g/mol. The molecule has 0 heterocycles. The van der Waals surface area contributed by atoms with Gasteiger partial charge in [-0.2, -0.15) is 0 Å². The number of guanidine groups is 1. The number of hydrogen-bond acceptors (Lipinski definition) is 3. The van der Waals surface area contributed by atoms with Gasteiger partial charge in [0, 0.05) is 5.69 Å². The van der Waals surface area contributed by atoms with Crippen molar-refractivity contribution in [2.45, 2.75) is 18.9 Å². The fourth-order valence-corrected chi connectivity index (χ4v) is 2.07. The Hall–Kier alpha value is -3.14. The molecule has 0 saturated carbocycles. The van der Waals surface area contributed by atoms with Crippen molar-refractivity contribution in [1.82, 2.24) is 10.6 Å². The number of anilines is 1. The number of carbonyl (C=O) groups excluding carboxylic acids is 3. The van der Waals surface area contributed by atoms with E-state index in [2.05, 4.69) is 26.7 Å². The molecule has 0 aliphatic rings. The highest BCUT2D eigenvalue weighted by Gasteiger charge is 2.21. The van der Waals surface area contributed by atoms with E-state index in [0.29, 0.717) is 25.1 Å². The summed E-state index contributed by atoms with van der Waals surface area (Å²) in [6, 6.07) is 8.15. The van der Waals surface area contributed by atoms with E-state index in [1.165, 1.54) is 0 Å². The zero-order valence-corrected chi connectivity index (χ0v) is 14.6. The molecule has 1 aromatic rings. The molecule has 0 spiro atoms. The van der Waals surface area contributed by atoms with Gasteiger partial charge >= 0.3 is 5.96 Å². The first-order valence-electron chi connectivity index (χ1n) is 8.25. The average Bonchev–Trinajstić information content (AvgIpc) is 2.62. The van der Waals surface area contributed by atoms with Crippen molar-refractivity contribution >= 4 is 29.4 Å². The van der Waals surface area contributed by atoms with Gasteiger partial charge in [-0.15, -0.1) is 0 Å². The van der Waals surface area contributed by atoms with Crippen LogP contribution >= 0.6 is 0 Å². The Morgan fingerprint density at radius 2 is 1.81 bits per heavy atom. The molecule has 10 nitrogen and oxygen atoms in total. The Morgan fingerprint density at radius 3 is 2.42 bits per heavy atom. The highest BCUT2D eigenvalue weighted by atomic mass is 16.2. The van der Waals surface area contributed by atoms with Crippen molar-refractivity contribution in [2.75, 3.05) is 25.0 Å². The molecule has 0 fully saturated rings. The van der Waals surface area contributed by atoms with Crippen molar-refractivity contribution in [3.8, 4) is 0 Å². The van der Waals surface area contributed by atoms with E-state index < -0.39 is 11.9 Å². The minimum absolute atomic E-state index is 0.0356. The van der Waals surface area contributed by atoms with Gasteiger partial charge < -0.3 is 21.7 Å². The normalized spacial score (nSPS) is 11.1. The second-order valence-corrected chi connectivity index (χ2v) is 5.53. The molecule has 11 N–H and O–H groups in total. The summed E-state index contributed by atoms with van der Waals surface area (Å²) in [6.07, 6.45) is 0.921. The number of carbonyl (C=O) groups is 3. The predicted molar refractivity (Wildman–Crippen MR) is 96.2 cm³/mol. The first-order valence-corrected chi connectivity index (χ1v) is 8.25. The van der Waals surface area contributed by atoms with Crippen LogP contribution in [-0.2, 0) is 14.4 Å². The monoisotopic (exact) mass is 365 g/mol. The van der Waals surface area contributed by atoms with Gasteiger partial charge in [-0.1, -0.05) is 18.2 Å². The van der Waals surface area contributed by atoms with Crippen LogP contribution in [0.2, 0.25) is 0 Å². The van der Waals surface area contributed by atoms with Crippen molar-refractivity contribution in [2.24, 2.45) is 11.5 Å². The molecule has 1 atom stereocenters. The van der Waals surface area contributed by atoms with Gasteiger partial charge in [0.25, 0.3) is 5.91 Å². The van der Waals surface area contributed by atoms with Crippen LogP contribution < -0.4 is 38.1 Å². The zero-order valence-electron chi connectivity index (χ0n) is 14.6. The minimum atomic E-state index is -0.764. The summed E-state index contributed by atoms with van der Waals surface area (Å²) in [4.78, 5) is 38.4. The standard InChI is InChI=1S/C16H25N7O3/c17-9-13(24)21-10-14(25)23-12(7-4-8-20-16(18)19)15(26)22-11-5-2-1-3-6-11/h1-3,5-6,12H,4,7-10,17H2,(H,21,24)(H,22,26)(H,23,25)(H4,18,19,20)/p+2/t12-/m0/s1. The Kier molecular flexibility index (Phi) is 9.18. The molecule has 1 aromatic carbocycles. The molecular formula is C16H27N7O3+2. The van der Waals surface area contributed by atoms with Crippen molar-refractivity contribution in [3.63, 3.8) is 0 Å². The molecule has 10 heteroatoms. The van der Waals surface area contributed by atoms with E-state index in [1.807, 2.05) is 6.07 Å². The Balaban J connectivity index is 2.64. The quantitative estimate of drug-likeness (QED) is 0.125. The van der Waals surface area contributed by atoms with Crippen LogP contribution in [0.25, 0.3) is 0 Å². The molecule has 0 radical (unpaired) electrons. The third-order valence-electron chi connectivity index (χ3n) is 3.36. The molecule has 0 aliphatic carbocycles. The minimum Gasteiger partial charge on any atom is -0.350 e. The third-order valence-corrected chi connectivity index (χ3v) is 3.36.